The predicted molar refractivity (Wildman–Crippen MR) is 94.2 cm³/mol. The molecular weight excluding hydrogens is 338 g/mol. The summed E-state index contributed by atoms with van der Waals surface area (Å²) in [5, 5.41) is 6.57. The van der Waals surface area contributed by atoms with Gasteiger partial charge in [-0.25, -0.2) is 0 Å². The zero-order chi connectivity index (χ0) is 18.5. The maximum Gasteiger partial charge on any atom is 0.232 e. The maximum absolute atomic E-state index is 12.3. The van der Waals surface area contributed by atoms with Gasteiger partial charge < -0.3 is 24.4 Å². The molecule has 9 heteroatoms. The number of carbonyl (C=O) groups is 2. The molecule has 1 aromatic heterocycles. The van der Waals surface area contributed by atoms with Gasteiger partial charge in [-0.3, -0.25) is 9.59 Å². The average Bonchev–Trinajstić information content (AvgIpc) is 3.06. The molecule has 2 amide bonds. The highest BCUT2D eigenvalue weighted by Crippen LogP contribution is 2.30. The van der Waals surface area contributed by atoms with Crippen LogP contribution in [0.25, 0.3) is 0 Å². The molecule has 3 rings (SSSR count). The fraction of sp³-hybridized carbons (Fsp3) is 0.412. The summed E-state index contributed by atoms with van der Waals surface area (Å²) in [6.07, 6.45) is 0.888. The number of ether oxygens (including phenoxy) is 1. The van der Waals surface area contributed by atoms with Crippen molar-refractivity contribution in [3.8, 4) is 5.75 Å². The van der Waals surface area contributed by atoms with Gasteiger partial charge in [-0.15, -0.1) is 0 Å². The second-order valence-electron chi connectivity index (χ2n) is 5.97. The van der Waals surface area contributed by atoms with Gasteiger partial charge in [0.15, 0.2) is 5.82 Å². The minimum atomic E-state index is -0.257. The van der Waals surface area contributed by atoms with E-state index in [0.717, 1.165) is 25.2 Å². The molecule has 1 saturated heterocycles. The summed E-state index contributed by atoms with van der Waals surface area (Å²) in [5.74, 6) is 1.06. The lowest BCUT2D eigenvalue weighted by molar-refractivity contribution is -0.118. The van der Waals surface area contributed by atoms with Crippen molar-refractivity contribution in [2.24, 2.45) is 0 Å². The third-order valence-electron chi connectivity index (χ3n) is 4.17. The standard InChI is InChI=1S/C17H21N5O4/c1-12-18-16(20-26-12)10-17(24)19-14-9-13(3-4-15(14)25-2)22-7-5-21(11-23)6-8-22/h3-4,9,11H,5-8,10H2,1-2H3,(H,19,24). The first-order chi connectivity index (χ1) is 12.6. The van der Waals surface area contributed by atoms with E-state index in [9.17, 15) is 9.59 Å². The Bertz CT molecular complexity index is 783. The largest absolute Gasteiger partial charge is 0.495 e. The summed E-state index contributed by atoms with van der Waals surface area (Å²) in [7, 11) is 1.55. The summed E-state index contributed by atoms with van der Waals surface area (Å²) in [6.45, 7) is 4.50. The van der Waals surface area contributed by atoms with Gasteiger partial charge >= 0.3 is 0 Å². The lowest BCUT2D eigenvalue weighted by Gasteiger charge is -2.34. The molecule has 0 radical (unpaired) electrons. The van der Waals surface area contributed by atoms with Crippen LogP contribution in [0, 0.1) is 6.92 Å². The molecule has 1 aliphatic heterocycles. The van der Waals surface area contributed by atoms with Crippen LogP contribution in [-0.4, -0.2) is 60.6 Å². The van der Waals surface area contributed by atoms with Crippen molar-refractivity contribution < 1.29 is 18.8 Å². The van der Waals surface area contributed by atoms with Crippen molar-refractivity contribution in [1.82, 2.24) is 15.0 Å². The van der Waals surface area contributed by atoms with E-state index in [-0.39, 0.29) is 12.3 Å². The van der Waals surface area contributed by atoms with E-state index in [1.807, 2.05) is 18.2 Å². The van der Waals surface area contributed by atoms with E-state index in [1.54, 1.807) is 18.9 Å². The number of nitrogens with one attached hydrogen (secondary N) is 1. The topological polar surface area (TPSA) is 101 Å². The van der Waals surface area contributed by atoms with Gasteiger partial charge in [0.1, 0.15) is 5.75 Å². The Labute approximate surface area is 150 Å². The number of benzene rings is 1. The summed E-state index contributed by atoms with van der Waals surface area (Å²) >= 11 is 0. The molecule has 0 atom stereocenters. The highest BCUT2D eigenvalue weighted by molar-refractivity contribution is 5.94. The summed E-state index contributed by atoms with van der Waals surface area (Å²) in [6, 6.07) is 5.62. The molecule has 9 nitrogen and oxygen atoms in total. The van der Waals surface area contributed by atoms with Crippen LogP contribution in [0.5, 0.6) is 5.75 Å². The SMILES string of the molecule is COc1ccc(N2CCN(C=O)CC2)cc1NC(=O)Cc1noc(C)n1. The molecule has 0 unspecified atom stereocenters. The van der Waals surface area contributed by atoms with E-state index in [1.165, 1.54) is 0 Å². The molecule has 2 heterocycles. The van der Waals surface area contributed by atoms with Crippen LogP contribution < -0.4 is 15.0 Å². The van der Waals surface area contributed by atoms with E-state index in [0.29, 0.717) is 36.2 Å². The highest BCUT2D eigenvalue weighted by Gasteiger charge is 2.18. The fourth-order valence-electron chi connectivity index (χ4n) is 2.83. The first kappa shape index (κ1) is 17.7. The third-order valence-corrected chi connectivity index (χ3v) is 4.17. The lowest BCUT2D eigenvalue weighted by atomic mass is 10.2. The smallest absolute Gasteiger partial charge is 0.232 e. The average molecular weight is 359 g/mol. The molecule has 1 N–H and O–H groups in total. The number of anilines is 2. The second-order valence-corrected chi connectivity index (χ2v) is 5.97. The predicted octanol–water partition coefficient (Wildman–Crippen LogP) is 0.846. The number of hydrogen-bond donors (Lipinski definition) is 1. The minimum absolute atomic E-state index is 0.0166. The monoisotopic (exact) mass is 359 g/mol. The number of aryl methyl sites for hydroxylation is 1. The molecule has 0 saturated carbocycles. The molecule has 0 spiro atoms. The number of rotatable bonds is 6. The van der Waals surface area contributed by atoms with Crippen LogP contribution in [0.3, 0.4) is 0 Å². The number of piperazine rings is 1. The Balaban J connectivity index is 1.71. The molecular formula is C17H21N5O4. The summed E-state index contributed by atoms with van der Waals surface area (Å²) < 4.78 is 10.2. The van der Waals surface area contributed by atoms with Gasteiger partial charge in [0.05, 0.1) is 19.2 Å². The molecule has 2 aromatic rings. The van der Waals surface area contributed by atoms with E-state index >= 15 is 0 Å². The molecule has 1 fully saturated rings. The minimum Gasteiger partial charge on any atom is -0.495 e. The van der Waals surface area contributed by atoms with Crippen molar-refractivity contribution in [3.05, 3.63) is 29.9 Å². The Morgan fingerprint density at radius 1 is 1.35 bits per heavy atom. The van der Waals surface area contributed by atoms with E-state index in [2.05, 4.69) is 20.4 Å². The first-order valence-electron chi connectivity index (χ1n) is 8.30. The quantitative estimate of drug-likeness (QED) is 0.763. The summed E-state index contributed by atoms with van der Waals surface area (Å²) in [4.78, 5) is 31.1. The lowest BCUT2D eigenvalue weighted by Crippen LogP contribution is -2.45. The van der Waals surface area contributed by atoms with Crippen molar-refractivity contribution in [2.45, 2.75) is 13.3 Å². The van der Waals surface area contributed by atoms with Gasteiger partial charge in [-0.1, -0.05) is 5.16 Å². The Morgan fingerprint density at radius 2 is 2.12 bits per heavy atom. The van der Waals surface area contributed by atoms with Crippen LogP contribution in [0.1, 0.15) is 11.7 Å². The van der Waals surface area contributed by atoms with Crippen LogP contribution >= 0.6 is 0 Å². The molecule has 1 aromatic carbocycles. The number of aromatic nitrogens is 2. The highest BCUT2D eigenvalue weighted by atomic mass is 16.5. The first-order valence-corrected chi connectivity index (χ1v) is 8.30. The van der Waals surface area contributed by atoms with Gasteiger partial charge in [-0.2, -0.15) is 4.98 Å². The van der Waals surface area contributed by atoms with Crippen molar-refractivity contribution in [1.29, 1.82) is 0 Å². The van der Waals surface area contributed by atoms with Crippen LogP contribution in [-0.2, 0) is 16.0 Å². The molecule has 0 bridgehead atoms. The van der Waals surface area contributed by atoms with Crippen LogP contribution in [0.4, 0.5) is 11.4 Å². The molecule has 1 aliphatic rings. The number of amides is 2. The zero-order valence-corrected chi connectivity index (χ0v) is 14.8. The van der Waals surface area contributed by atoms with Crippen molar-refractivity contribution in [2.75, 3.05) is 43.5 Å². The zero-order valence-electron chi connectivity index (χ0n) is 14.8. The number of methoxy groups -OCH3 is 1. The van der Waals surface area contributed by atoms with E-state index < -0.39 is 0 Å². The van der Waals surface area contributed by atoms with Gasteiger partial charge in [0.2, 0.25) is 18.2 Å². The Morgan fingerprint density at radius 3 is 2.73 bits per heavy atom. The number of carbonyl (C=O) groups excluding carboxylic acids is 2. The molecule has 26 heavy (non-hydrogen) atoms. The second kappa shape index (κ2) is 7.85. The summed E-state index contributed by atoms with van der Waals surface area (Å²) in [5.41, 5.74) is 1.54. The third kappa shape index (κ3) is 4.11. The molecule has 0 aliphatic carbocycles. The fourth-order valence-corrected chi connectivity index (χ4v) is 2.83. The Kier molecular flexibility index (Phi) is 5.35. The van der Waals surface area contributed by atoms with Gasteiger partial charge in [0, 0.05) is 38.8 Å². The van der Waals surface area contributed by atoms with Crippen LogP contribution in [0.2, 0.25) is 0 Å². The number of nitrogens with zero attached hydrogens (tertiary/aromatic N) is 4. The van der Waals surface area contributed by atoms with Gasteiger partial charge in [0.25, 0.3) is 0 Å². The van der Waals surface area contributed by atoms with Crippen molar-refractivity contribution >= 4 is 23.7 Å². The maximum atomic E-state index is 12.3. The molecule has 138 valence electrons. The Hall–Kier alpha value is -3.10. The number of hydrogen-bond acceptors (Lipinski definition) is 7. The van der Waals surface area contributed by atoms with Gasteiger partial charge in [-0.05, 0) is 18.2 Å². The normalized spacial score (nSPS) is 14.2. The van der Waals surface area contributed by atoms with Crippen molar-refractivity contribution in [3.63, 3.8) is 0 Å². The van der Waals surface area contributed by atoms with Crippen LogP contribution in [0.15, 0.2) is 22.7 Å². The van der Waals surface area contributed by atoms with E-state index in [4.69, 9.17) is 9.26 Å².